The van der Waals surface area contributed by atoms with Gasteiger partial charge in [-0.2, -0.15) is 0 Å². The van der Waals surface area contributed by atoms with Crippen molar-refractivity contribution < 1.29 is 14.2 Å². The van der Waals surface area contributed by atoms with Crippen molar-refractivity contribution in [3.05, 3.63) is 72.1 Å². The van der Waals surface area contributed by atoms with Crippen LogP contribution in [0.15, 0.2) is 60.7 Å². The normalized spacial score (nSPS) is 13.0. The van der Waals surface area contributed by atoms with Crippen LogP contribution in [0.25, 0.3) is 22.0 Å². The minimum Gasteiger partial charge on any atom is -0.493 e. The van der Waals surface area contributed by atoms with Gasteiger partial charge in [-0.15, -0.1) is 0 Å². The smallest absolute Gasteiger partial charge is 0.162 e. The molecule has 4 aromatic rings. The second kappa shape index (κ2) is 9.59. The minimum absolute atomic E-state index is 0.631. The molecule has 0 radical (unpaired) electrons. The lowest BCUT2D eigenvalue weighted by Crippen LogP contribution is -2.05. The van der Waals surface area contributed by atoms with E-state index in [4.69, 9.17) is 14.2 Å². The molecule has 6 heteroatoms. The third-order valence-corrected chi connectivity index (χ3v) is 6.05. The Hall–Kier alpha value is -3.80. The second-order valence-corrected chi connectivity index (χ2v) is 8.68. The maximum atomic E-state index is 5.97. The van der Waals surface area contributed by atoms with Crippen LogP contribution in [-0.4, -0.2) is 30.8 Å². The number of hydrogen-bond donors (Lipinski definition) is 1. The van der Waals surface area contributed by atoms with Crippen LogP contribution >= 0.6 is 0 Å². The quantitative estimate of drug-likeness (QED) is 0.333. The van der Waals surface area contributed by atoms with Gasteiger partial charge in [0, 0.05) is 18.0 Å². The van der Waals surface area contributed by atoms with Gasteiger partial charge in [-0.1, -0.05) is 30.3 Å². The van der Waals surface area contributed by atoms with Gasteiger partial charge in [0.1, 0.15) is 17.4 Å². The van der Waals surface area contributed by atoms with Crippen LogP contribution in [0.2, 0.25) is 0 Å². The molecule has 0 spiro atoms. The summed E-state index contributed by atoms with van der Waals surface area (Å²) >= 11 is 0. The Balaban J connectivity index is 1.37. The molecule has 174 valence electrons. The number of benzene rings is 3. The standard InChI is InChI=1S/C28H29N3O3/c1-18-30-25-15-27(33-3)26(32-2)14-24(25)28(31-18)29-16-20-6-4-7-21(12-20)22-8-5-9-23(13-22)34-17-19-10-11-19/h4-9,12-15,19H,10-11,16-17H2,1-3H3,(H,29,30,31). The first-order chi connectivity index (χ1) is 16.6. The lowest BCUT2D eigenvalue weighted by atomic mass is 10.0. The van der Waals surface area contributed by atoms with Crippen LogP contribution in [0, 0.1) is 12.8 Å². The third-order valence-electron chi connectivity index (χ3n) is 6.05. The molecule has 1 aliphatic carbocycles. The first kappa shape index (κ1) is 22.0. The van der Waals surface area contributed by atoms with Crippen molar-refractivity contribution in [3.63, 3.8) is 0 Å². The first-order valence-electron chi connectivity index (χ1n) is 11.6. The van der Waals surface area contributed by atoms with E-state index in [1.54, 1.807) is 14.2 Å². The minimum atomic E-state index is 0.631. The Bertz CT molecular complexity index is 1320. The van der Waals surface area contributed by atoms with E-state index in [0.29, 0.717) is 23.9 Å². The Labute approximate surface area is 199 Å². The molecular formula is C28H29N3O3. The molecule has 1 aromatic heterocycles. The summed E-state index contributed by atoms with van der Waals surface area (Å²) in [5.74, 6) is 4.43. The Morgan fingerprint density at radius 2 is 1.62 bits per heavy atom. The maximum absolute atomic E-state index is 5.97. The predicted molar refractivity (Wildman–Crippen MR) is 135 cm³/mol. The number of anilines is 1. The molecule has 1 aliphatic rings. The molecule has 1 fully saturated rings. The second-order valence-electron chi connectivity index (χ2n) is 8.68. The number of nitrogens with one attached hydrogen (secondary N) is 1. The summed E-state index contributed by atoms with van der Waals surface area (Å²) in [6.45, 7) is 3.34. The molecule has 0 amide bonds. The Morgan fingerprint density at radius 3 is 2.38 bits per heavy atom. The Morgan fingerprint density at radius 1 is 0.882 bits per heavy atom. The molecule has 1 N–H and O–H groups in total. The van der Waals surface area contributed by atoms with Gasteiger partial charge in [-0.25, -0.2) is 9.97 Å². The zero-order valence-electron chi connectivity index (χ0n) is 19.8. The highest BCUT2D eigenvalue weighted by molar-refractivity contribution is 5.91. The molecule has 1 heterocycles. The summed E-state index contributed by atoms with van der Waals surface area (Å²) in [5.41, 5.74) is 4.28. The van der Waals surface area contributed by atoms with Crippen LogP contribution in [0.1, 0.15) is 24.2 Å². The van der Waals surface area contributed by atoms with Crippen molar-refractivity contribution in [3.8, 4) is 28.4 Å². The van der Waals surface area contributed by atoms with E-state index in [0.717, 1.165) is 51.7 Å². The number of methoxy groups -OCH3 is 2. The number of ether oxygens (including phenoxy) is 3. The summed E-state index contributed by atoms with van der Waals surface area (Å²) < 4.78 is 16.9. The monoisotopic (exact) mass is 455 g/mol. The van der Waals surface area contributed by atoms with Gasteiger partial charge >= 0.3 is 0 Å². The lowest BCUT2D eigenvalue weighted by molar-refractivity contribution is 0.300. The third kappa shape index (κ3) is 4.91. The highest BCUT2D eigenvalue weighted by Crippen LogP contribution is 2.34. The van der Waals surface area contributed by atoms with E-state index < -0.39 is 0 Å². The van der Waals surface area contributed by atoms with Crippen molar-refractivity contribution in [2.24, 2.45) is 5.92 Å². The summed E-state index contributed by atoms with van der Waals surface area (Å²) in [6, 6.07) is 20.7. The number of aromatic nitrogens is 2. The van der Waals surface area contributed by atoms with E-state index in [9.17, 15) is 0 Å². The van der Waals surface area contributed by atoms with Crippen LogP contribution < -0.4 is 19.5 Å². The van der Waals surface area contributed by atoms with Crippen molar-refractivity contribution in [1.82, 2.24) is 9.97 Å². The molecule has 0 atom stereocenters. The van der Waals surface area contributed by atoms with Gasteiger partial charge in [-0.3, -0.25) is 0 Å². The average molecular weight is 456 g/mol. The summed E-state index contributed by atoms with van der Waals surface area (Å²) in [4.78, 5) is 9.21. The fourth-order valence-electron chi connectivity index (χ4n) is 4.02. The van der Waals surface area contributed by atoms with Crippen molar-refractivity contribution in [2.75, 3.05) is 26.1 Å². The Kier molecular flexibility index (Phi) is 6.21. The van der Waals surface area contributed by atoms with E-state index in [1.165, 1.54) is 12.8 Å². The SMILES string of the molecule is COc1cc2nc(C)nc(NCc3cccc(-c4cccc(OCC5CC5)c4)c3)c2cc1OC. The number of fused-ring (bicyclic) bond motifs is 1. The highest BCUT2D eigenvalue weighted by Gasteiger charge is 2.21. The largest absolute Gasteiger partial charge is 0.493 e. The molecule has 0 unspecified atom stereocenters. The predicted octanol–water partition coefficient (Wildman–Crippen LogP) is 6.02. The molecule has 34 heavy (non-hydrogen) atoms. The van der Waals surface area contributed by atoms with Crippen LogP contribution in [0.5, 0.6) is 17.2 Å². The molecule has 3 aromatic carbocycles. The molecule has 0 bridgehead atoms. The number of nitrogens with zero attached hydrogens (tertiary/aromatic N) is 2. The van der Waals surface area contributed by atoms with Crippen molar-refractivity contribution in [2.45, 2.75) is 26.3 Å². The maximum Gasteiger partial charge on any atom is 0.162 e. The van der Waals surface area contributed by atoms with Gasteiger partial charge in [-0.05, 0) is 66.6 Å². The number of aryl methyl sites for hydroxylation is 1. The number of hydrogen-bond acceptors (Lipinski definition) is 6. The van der Waals surface area contributed by atoms with Crippen molar-refractivity contribution in [1.29, 1.82) is 0 Å². The van der Waals surface area contributed by atoms with Crippen molar-refractivity contribution >= 4 is 16.7 Å². The van der Waals surface area contributed by atoms with E-state index in [1.807, 2.05) is 25.1 Å². The fraction of sp³-hybridized carbons (Fsp3) is 0.286. The van der Waals surface area contributed by atoms with Gasteiger partial charge in [0.25, 0.3) is 0 Å². The zero-order chi connectivity index (χ0) is 23.5. The van der Waals surface area contributed by atoms with Gasteiger partial charge in [0.05, 0.1) is 26.3 Å². The van der Waals surface area contributed by atoms with E-state index in [-0.39, 0.29) is 0 Å². The van der Waals surface area contributed by atoms with Gasteiger partial charge in [0.15, 0.2) is 11.5 Å². The van der Waals surface area contributed by atoms with E-state index >= 15 is 0 Å². The van der Waals surface area contributed by atoms with Gasteiger partial charge in [0.2, 0.25) is 0 Å². The fourth-order valence-corrected chi connectivity index (χ4v) is 4.02. The average Bonchev–Trinajstić information content (AvgIpc) is 3.70. The topological polar surface area (TPSA) is 65.5 Å². The molecule has 0 aliphatic heterocycles. The van der Waals surface area contributed by atoms with Crippen LogP contribution in [0.3, 0.4) is 0 Å². The molecular weight excluding hydrogens is 426 g/mol. The molecule has 6 nitrogen and oxygen atoms in total. The zero-order valence-corrected chi connectivity index (χ0v) is 19.8. The van der Waals surface area contributed by atoms with Gasteiger partial charge < -0.3 is 19.5 Å². The summed E-state index contributed by atoms with van der Waals surface area (Å²) in [5, 5.41) is 4.38. The summed E-state index contributed by atoms with van der Waals surface area (Å²) in [6.07, 6.45) is 2.58. The van der Waals surface area contributed by atoms with E-state index in [2.05, 4.69) is 57.7 Å². The molecule has 0 saturated heterocycles. The van der Waals surface area contributed by atoms with Crippen LogP contribution in [0.4, 0.5) is 5.82 Å². The van der Waals surface area contributed by atoms with Crippen LogP contribution in [-0.2, 0) is 6.54 Å². The first-order valence-corrected chi connectivity index (χ1v) is 11.6. The molecule has 1 saturated carbocycles. The summed E-state index contributed by atoms with van der Waals surface area (Å²) in [7, 11) is 3.25. The lowest BCUT2D eigenvalue weighted by Gasteiger charge is -2.14. The molecule has 5 rings (SSSR count). The highest BCUT2D eigenvalue weighted by atomic mass is 16.5. The number of rotatable bonds is 9.